The first kappa shape index (κ1) is 33.7. The summed E-state index contributed by atoms with van der Waals surface area (Å²) in [5.74, 6) is -0.228. The molecule has 2 saturated carbocycles. The Bertz CT molecular complexity index is 1190. The average Bonchev–Trinajstić information content (AvgIpc) is 3.52. The van der Waals surface area contributed by atoms with Crippen molar-refractivity contribution in [1.82, 2.24) is 0 Å². The highest BCUT2D eigenvalue weighted by molar-refractivity contribution is 6.30. The predicted molar refractivity (Wildman–Crippen MR) is 163 cm³/mol. The molecule has 1 aromatic carbocycles. The van der Waals surface area contributed by atoms with Crippen molar-refractivity contribution in [3.8, 4) is 5.75 Å². The number of ether oxygens (including phenoxy) is 7. The Morgan fingerprint density at radius 2 is 1.84 bits per heavy atom. The van der Waals surface area contributed by atoms with Crippen molar-refractivity contribution in [2.75, 3.05) is 33.5 Å². The number of halogens is 1. The van der Waals surface area contributed by atoms with Crippen LogP contribution in [0.4, 0.5) is 0 Å². The van der Waals surface area contributed by atoms with Gasteiger partial charge in [0.2, 0.25) is 0 Å². The lowest BCUT2D eigenvalue weighted by Crippen LogP contribution is -2.35. The van der Waals surface area contributed by atoms with Gasteiger partial charge in [-0.1, -0.05) is 17.7 Å². The van der Waals surface area contributed by atoms with Crippen molar-refractivity contribution in [3.05, 3.63) is 41.1 Å². The molecule has 0 N–H and O–H groups in total. The lowest BCUT2D eigenvalue weighted by atomic mass is 9.77. The molecule has 11 heteroatoms. The van der Waals surface area contributed by atoms with Crippen LogP contribution in [0.25, 0.3) is 0 Å². The van der Waals surface area contributed by atoms with Crippen LogP contribution < -0.4 is 4.74 Å². The van der Waals surface area contributed by atoms with E-state index in [1.54, 1.807) is 12.1 Å². The topological polar surface area (TPSA) is 116 Å². The molecular weight excluding hydrogens is 604 g/mol. The van der Waals surface area contributed by atoms with Crippen LogP contribution in [0, 0.1) is 17.3 Å². The molecule has 0 radical (unpaired) electrons. The van der Waals surface area contributed by atoms with Crippen LogP contribution in [-0.2, 0) is 42.8 Å². The van der Waals surface area contributed by atoms with Crippen LogP contribution in [0.5, 0.6) is 5.75 Å². The van der Waals surface area contributed by atoms with Crippen molar-refractivity contribution in [2.24, 2.45) is 17.3 Å². The van der Waals surface area contributed by atoms with E-state index in [2.05, 4.69) is 0 Å². The second kappa shape index (κ2) is 16.3. The fourth-order valence-corrected chi connectivity index (χ4v) is 7.23. The molecule has 0 spiro atoms. The molecular formula is C34H45ClO10. The van der Waals surface area contributed by atoms with Crippen molar-refractivity contribution in [3.63, 3.8) is 0 Å². The fourth-order valence-electron chi connectivity index (χ4n) is 7.05. The SMILES string of the molecule is COC(=O)CCCOC(=O)[C@]12CC(=O)C[C@H]1C(C(=CCCOc1cccc(Cl)c1)OC1CCCCO1)C(OC1CCCCO1)C2. The first-order valence-corrected chi connectivity index (χ1v) is 16.7. The quantitative estimate of drug-likeness (QED) is 0.137. The van der Waals surface area contributed by atoms with Crippen LogP contribution >= 0.6 is 11.6 Å². The molecule has 4 aliphatic rings. The number of hydrogen-bond donors (Lipinski definition) is 0. The van der Waals surface area contributed by atoms with Crippen LogP contribution in [0.2, 0.25) is 5.02 Å². The van der Waals surface area contributed by atoms with Crippen molar-refractivity contribution in [2.45, 2.75) is 95.7 Å². The van der Waals surface area contributed by atoms with Crippen LogP contribution in [0.1, 0.15) is 77.0 Å². The maximum absolute atomic E-state index is 13.9. The number of hydrogen-bond acceptors (Lipinski definition) is 10. The molecule has 2 saturated heterocycles. The van der Waals surface area contributed by atoms with Gasteiger partial charge in [0.05, 0.1) is 38.4 Å². The second-order valence-corrected chi connectivity index (χ2v) is 12.7. The van der Waals surface area contributed by atoms with Crippen molar-refractivity contribution in [1.29, 1.82) is 0 Å². The number of carbonyl (C=O) groups is 3. The lowest BCUT2D eigenvalue weighted by molar-refractivity contribution is -0.201. The van der Waals surface area contributed by atoms with Gasteiger partial charge in [0.1, 0.15) is 17.3 Å². The van der Waals surface area contributed by atoms with Gasteiger partial charge in [-0.2, -0.15) is 0 Å². The number of carbonyl (C=O) groups excluding carboxylic acids is 3. The number of benzene rings is 1. The largest absolute Gasteiger partial charge is 0.493 e. The molecule has 2 aliphatic carbocycles. The summed E-state index contributed by atoms with van der Waals surface area (Å²) in [5, 5.41) is 0.594. The monoisotopic (exact) mass is 648 g/mol. The summed E-state index contributed by atoms with van der Waals surface area (Å²) >= 11 is 6.13. The maximum Gasteiger partial charge on any atom is 0.312 e. The molecule has 5 rings (SSSR count). The molecule has 1 aromatic rings. The van der Waals surface area contributed by atoms with E-state index >= 15 is 0 Å². The molecule has 2 aliphatic heterocycles. The molecule has 0 aromatic heterocycles. The zero-order chi connectivity index (χ0) is 31.6. The zero-order valence-corrected chi connectivity index (χ0v) is 26.8. The minimum atomic E-state index is -1.06. The predicted octanol–water partition coefficient (Wildman–Crippen LogP) is 5.93. The van der Waals surface area contributed by atoms with Gasteiger partial charge in [0, 0.05) is 49.7 Å². The Balaban J connectivity index is 1.39. The van der Waals surface area contributed by atoms with E-state index in [-0.39, 0.29) is 49.5 Å². The molecule has 6 atom stereocenters. The van der Waals surface area contributed by atoms with E-state index in [0.29, 0.717) is 55.6 Å². The number of esters is 2. The van der Waals surface area contributed by atoms with Crippen LogP contribution in [0.3, 0.4) is 0 Å². The van der Waals surface area contributed by atoms with Gasteiger partial charge in [-0.3, -0.25) is 14.4 Å². The fraction of sp³-hybridized carbons (Fsp3) is 0.676. The molecule has 248 valence electrons. The Kier molecular flexibility index (Phi) is 12.2. The first-order chi connectivity index (χ1) is 21.9. The third kappa shape index (κ3) is 8.78. The lowest BCUT2D eigenvalue weighted by Gasteiger charge is -2.34. The van der Waals surface area contributed by atoms with Gasteiger partial charge in [0.15, 0.2) is 12.6 Å². The minimum Gasteiger partial charge on any atom is -0.493 e. The maximum atomic E-state index is 13.9. The molecule has 10 nitrogen and oxygen atoms in total. The zero-order valence-electron chi connectivity index (χ0n) is 26.0. The highest BCUT2D eigenvalue weighted by atomic mass is 35.5. The Morgan fingerprint density at radius 1 is 1.07 bits per heavy atom. The van der Waals surface area contributed by atoms with E-state index in [9.17, 15) is 14.4 Å². The highest BCUT2D eigenvalue weighted by Crippen LogP contribution is 2.59. The van der Waals surface area contributed by atoms with E-state index < -0.39 is 30.1 Å². The number of methoxy groups -OCH3 is 1. The standard InChI is InChI=1S/C34H45ClO10/c1-39-29(37)12-8-18-43-33(38)34-21-24(36)20-26(34)32(28(22-34)45-31-14-3-5-16-42-31)27(44-30-13-2-4-15-41-30)11-7-17-40-25-10-6-9-23(35)19-25/h6,9-11,19,26,28,30-32H,2-5,7-8,12-18,20-22H2,1H3/t26-,28?,30?,31?,32?,34-/m0/s1. The smallest absolute Gasteiger partial charge is 0.312 e. The average molecular weight is 649 g/mol. The number of rotatable bonds is 14. The van der Waals surface area contributed by atoms with Gasteiger partial charge in [-0.15, -0.1) is 0 Å². The van der Waals surface area contributed by atoms with Gasteiger partial charge in [0.25, 0.3) is 0 Å². The van der Waals surface area contributed by atoms with E-state index in [0.717, 1.165) is 38.5 Å². The van der Waals surface area contributed by atoms with Crippen LogP contribution in [-0.4, -0.2) is 69.9 Å². The highest BCUT2D eigenvalue weighted by Gasteiger charge is 2.65. The minimum absolute atomic E-state index is 0.0152. The molecule has 2 heterocycles. The molecule has 4 fully saturated rings. The number of ketones is 1. The first-order valence-electron chi connectivity index (χ1n) is 16.3. The third-order valence-corrected chi connectivity index (χ3v) is 9.42. The summed E-state index contributed by atoms with van der Waals surface area (Å²) in [5.41, 5.74) is -1.06. The van der Waals surface area contributed by atoms with Gasteiger partial charge in [-0.25, -0.2) is 0 Å². The Hall–Kier alpha value is -2.66. The van der Waals surface area contributed by atoms with E-state index in [1.807, 2.05) is 18.2 Å². The third-order valence-electron chi connectivity index (χ3n) is 9.19. The summed E-state index contributed by atoms with van der Waals surface area (Å²) in [4.78, 5) is 38.5. The van der Waals surface area contributed by atoms with Crippen LogP contribution in [0.15, 0.2) is 36.1 Å². The molecule has 45 heavy (non-hydrogen) atoms. The molecule has 4 unspecified atom stereocenters. The summed E-state index contributed by atoms with van der Waals surface area (Å²) in [6.45, 7) is 1.67. The second-order valence-electron chi connectivity index (χ2n) is 12.3. The Morgan fingerprint density at radius 3 is 2.56 bits per heavy atom. The summed E-state index contributed by atoms with van der Waals surface area (Å²) < 4.78 is 41.6. The summed E-state index contributed by atoms with van der Waals surface area (Å²) in [6, 6.07) is 7.24. The van der Waals surface area contributed by atoms with E-state index in [1.165, 1.54) is 7.11 Å². The normalized spacial score (nSPS) is 30.0. The molecule has 0 amide bonds. The van der Waals surface area contributed by atoms with Crippen molar-refractivity contribution >= 4 is 29.3 Å². The molecule has 0 bridgehead atoms. The van der Waals surface area contributed by atoms with Gasteiger partial charge >= 0.3 is 11.9 Å². The Labute approximate surface area is 270 Å². The number of fused-ring (bicyclic) bond motifs is 1. The van der Waals surface area contributed by atoms with Gasteiger partial charge < -0.3 is 33.2 Å². The van der Waals surface area contributed by atoms with Gasteiger partial charge in [-0.05, 0) is 75.1 Å². The summed E-state index contributed by atoms with van der Waals surface area (Å²) in [6.07, 6.45) is 7.80. The van der Waals surface area contributed by atoms with Crippen molar-refractivity contribution < 1.29 is 47.5 Å². The summed E-state index contributed by atoms with van der Waals surface area (Å²) in [7, 11) is 1.33. The number of Topliss-reactive ketones (excluding diaryl/α,β-unsaturated/α-hetero) is 1. The van der Waals surface area contributed by atoms with E-state index in [4.69, 9.17) is 44.8 Å².